The van der Waals surface area contributed by atoms with Crippen LogP contribution < -0.4 is 0 Å². The van der Waals surface area contributed by atoms with Gasteiger partial charge in [-0.1, -0.05) is 6.42 Å². The molecule has 0 aromatic heterocycles. The van der Waals surface area contributed by atoms with Crippen LogP contribution in [0.5, 0.6) is 0 Å². The Kier molecular flexibility index (Phi) is 4.89. The quantitative estimate of drug-likeness (QED) is 0.605. The van der Waals surface area contributed by atoms with Gasteiger partial charge in [-0.15, -0.1) is 0 Å². The average molecular weight is 282 g/mol. The topological polar surface area (TPSA) is 3.24 Å². The van der Waals surface area contributed by atoms with Crippen LogP contribution in [-0.2, 0) is 21.1 Å². The summed E-state index contributed by atoms with van der Waals surface area (Å²) < 4.78 is 0. The zero-order valence-corrected chi connectivity index (χ0v) is 8.03. The smallest absolute Gasteiger partial charge is 0 e. The number of rotatable bonds is 0. The van der Waals surface area contributed by atoms with Crippen molar-refractivity contribution in [1.82, 2.24) is 4.90 Å². The summed E-state index contributed by atoms with van der Waals surface area (Å²) in [6, 6.07) is 0. The summed E-state index contributed by atoms with van der Waals surface area (Å²) in [6.07, 6.45) is 4.11. The molecular formula is C6H12NW-. The number of likely N-dealkylation sites (tertiary alicyclic amines) is 1. The van der Waals surface area contributed by atoms with E-state index in [2.05, 4.69) is 11.9 Å². The van der Waals surface area contributed by atoms with Crippen molar-refractivity contribution in [1.29, 1.82) is 0 Å². The van der Waals surface area contributed by atoms with Crippen LogP contribution in [0.15, 0.2) is 0 Å². The summed E-state index contributed by atoms with van der Waals surface area (Å²) in [7, 11) is 3.83. The van der Waals surface area contributed by atoms with E-state index in [1.807, 2.05) is 0 Å². The van der Waals surface area contributed by atoms with Gasteiger partial charge >= 0.3 is 0 Å². The zero-order valence-electron chi connectivity index (χ0n) is 5.10. The van der Waals surface area contributed by atoms with E-state index in [4.69, 9.17) is 0 Å². The Hall–Kier alpha value is 0.648. The van der Waals surface area contributed by atoms with Crippen molar-refractivity contribution in [2.24, 2.45) is 0 Å². The second-order valence-corrected chi connectivity index (χ2v) is 2.18. The van der Waals surface area contributed by atoms with Gasteiger partial charge in [-0.3, -0.25) is 7.05 Å². The molecule has 0 aromatic carbocycles. The molecule has 1 aliphatic heterocycles. The van der Waals surface area contributed by atoms with Crippen molar-refractivity contribution in [2.75, 3.05) is 13.1 Å². The normalized spacial score (nSPS) is 22.1. The molecule has 1 saturated heterocycles. The van der Waals surface area contributed by atoms with Gasteiger partial charge in [-0.25, -0.2) is 0 Å². The summed E-state index contributed by atoms with van der Waals surface area (Å²) in [5.41, 5.74) is 0. The Morgan fingerprint density at radius 2 is 1.50 bits per heavy atom. The molecule has 0 aliphatic carbocycles. The third kappa shape index (κ3) is 2.84. The first-order valence-corrected chi connectivity index (χ1v) is 2.95. The number of nitrogens with zero attached hydrogens (tertiary/aromatic N) is 1. The second kappa shape index (κ2) is 4.52. The van der Waals surface area contributed by atoms with E-state index in [-0.39, 0.29) is 21.1 Å². The minimum Gasteiger partial charge on any atom is -0.459 e. The molecule has 48 valence electrons. The van der Waals surface area contributed by atoms with Crippen molar-refractivity contribution in [3.05, 3.63) is 7.05 Å². The molecule has 0 radical (unpaired) electrons. The first-order valence-electron chi connectivity index (χ1n) is 2.95. The SMILES string of the molecule is [CH2-]N1CCCCC1.[W]. The molecule has 8 heavy (non-hydrogen) atoms. The van der Waals surface area contributed by atoms with Gasteiger partial charge in [0.05, 0.1) is 0 Å². The van der Waals surface area contributed by atoms with Gasteiger partial charge in [0.2, 0.25) is 0 Å². The van der Waals surface area contributed by atoms with Crippen LogP contribution in [0.1, 0.15) is 19.3 Å². The van der Waals surface area contributed by atoms with E-state index in [1.165, 1.54) is 32.4 Å². The van der Waals surface area contributed by atoms with Gasteiger partial charge in [0, 0.05) is 21.1 Å². The molecule has 1 heterocycles. The van der Waals surface area contributed by atoms with E-state index < -0.39 is 0 Å². The van der Waals surface area contributed by atoms with Crippen LogP contribution in [0.4, 0.5) is 0 Å². The molecule has 0 N–H and O–H groups in total. The number of hydrogen-bond donors (Lipinski definition) is 0. The van der Waals surface area contributed by atoms with Gasteiger partial charge in [-0.05, 0) is 25.9 Å². The van der Waals surface area contributed by atoms with Crippen LogP contribution in [-0.4, -0.2) is 18.0 Å². The standard InChI is InChI=1S/C6H12N.W/c1-7-5-3-2-4-6-7;/h1-6H2;/q-1;. The fourth-order valence-corrected chi connectivity index (χ4v) is 0.959. The predicted molar refractivity (Wildman–Crippen MR) is 30.8 cm³/mol. The van der Waals surface area contributed by atoms with Gasteiger partial charge < -0.3 is 4.90 Å². The van der Waals surface area contributed by atoms with Gasteiger partial charge in [0.25, 0.3) is 0 Å². The van der Waals surface area contributed by atoms with Crippen LogP contribution in [0, 0.1) is 7.05 Å². The molecule has 1 nitrogen and oxygen atoms in total. The number of piperidine rings is 1. The van der Waals surface area contributed by atoms with Crippen molar-refractivity contribution in [3.63, 3.8) is 0 Å². The predicted octanol–water partition coefficient (Wildman–Crippen LogP) is 1.26. The molecule has 2 heteroatoms. The second-order valence-electron chi connectivity index (χ2n) is 2.18. The minimum atomic E-state index is 0. The van der Waals surface area contributed by atoms with Crippen molar-refractivity contribution >= 4 is 0 Å². The van der Waals surface area contributed by atoms with Crippen LogP contribution in [0.25, 0.3) is 0 Å². The first-order chi connectivity index (χ1) is 3.39. The van der Waals surface area contributed by atoms with Crippen molar-refractivity contribution in [3.8, 4) is 0 Å². The molecular weight excluding hydrogens is 270 g/mol. The summed E-state index contributed by atoms with van der Waals surface area (Å²) in [4.78, 5) is 2.14. The van der Waals surface area contributed by atoms with E-state index in [1.54, 1.807) is 0 Å². The van der Waals surface area contributed by atoms with Crippen LogP contribution >= 0.6 is 0 Å². The Balaban J connectivity index is 0.000000490. The molecule has 0 amide bonds. The largest absolute Gasteiger partial charge is 0.459 e. The molecule has 0 unspecified atom stereocenters. The first kappa shape index (κ1) is 8.65. The van der Waals surface area contributed by atoms with Crippen LogP contribution in [0.2, 0.25) is 0 Å². The molecule has 0 aromatic rings. The van der Waals surface area contributed by atoms with E-state index in [9.17, 15) is 0 Å². The molecule has 0 atom stereocenters. The van der Waals surface area contributed by atoms with Crippen molar-refractivity contribution in [2.45, 2.75) is 19.3 Å². The van der Waals surface area contributed by atoms with E-state index >= 15 is 0 Å². The summed E-state index contributed by atoms with van der Waals surface area (Å²) in [5.74, 6) is 0. The summed E-state index contributed by atoms with van der Waals surface area (Å²) in [5, 5.41) is 0. The fourth-order valence-electron chi connectivity index (χ4n) is 0.959. The molecule has 0 bridgehead atoms. The third-order valence-corrected chi connectivity index (χ3v) is 1.45. The maximum atomic E-state index is 3.83. The zero-order chi connectivity index (χ0) is 5.11. The number of hydrogen-bond acceptors (Lipinski definition) is 1. The van der Waals surface area contributed by atoms with Crippen LogP contribution in [0.3, 0.4) is 0 Å². The monoisotopic (exact) mass is 282 g/mol. The average Bonchev–Trinajstić information content (AvgIpc) is 1.69. The molecule has 0 spiro atoms. The Morgan fingerprint density at radius 3 is 1.75 bits per heavy atom. The maximum Gasteiger partial charge on any atom is 0 e. The Morgan fingerprint density at radius 1 is 1.00 bits per heavy atom. The van der Waals surface area contributed by atoms with Crippen molar-refractivity contribution < 1.29 is 21.1 Å². The summed E-state index contributed by atoms with van der Waals surface area (Å²) in [6.45, 7) is 2.42. The molecule has 1 aliphatic rings. The van der Waals surface area contributed by atoms with E-state index in [0.717, 1.165) is 0 Å². The van der Waals surface area contributed by atoms with Gasteiger partial charge in [-0.2, -0.15) is 0 Å². The van der Waals surface area contributed by atoms with Gasteiger partial charge in [0.1, 0.15) is 0 Å². The third-order valence-electron chi connectivity index (χ3n) is 1.45. The Labute approximate surface area is 65.7 Å². The summed E-state index contributed by atoms with van der Waals surface area (Å²) >= 11 is 0. The fraction of sp³-hybridized carbons (Fsp3) is 0.833. The Bertz CT molecular complexity index is 50.5. The molecule has 0 saturated carbocycles. The maximum absolute atomic E-state index is 3.83. The molecule has 1 fully saturated rings. The van der Waals surface area contributed by atoms with E-state index in [0.29, 0.717) is 0 Å². The minimum absolute atomic E-state index is 0. The molecule has 1 rings (SSSR count). The van der Waals surface area contributed by atoms with Gasteiger partial charge in [0.15, 0.2) is 0 Å².